The first-order chi connectivity index (χ1) is 16.6. The van der Waals surface area contributed by atoms with Crippen molar-refractivity contribution in [1.82, 2.24) is 4.98 Å². The van der Waals surface area contributed by atoms with Crippen molar-refractivity contribution in [2.45, 2.75) is 32.6 Å². The summed E-state index contributed by atoms with van der Waals surface area (Å²) in [5.74, 6) is 0.638. The number of nitrogens with one attached hydrogen (secondary N) is 1. The van der Waals surface area contributed by atoms with Gasteiger partial charge in [-0.2, -0.15) is 0 Å². The van der Waals surface area contributed by atoms with Gasteiger partial charge in [-0.1, -0.05) is 62.1 Å². The van der Waals surface area contributed by atoms with Gasteiger partial charge in [0, 0.05) is 32.8 Å². The minimum atomic E-state index is -0.152. The lowest BCUT2D eigenvalue weighted by Gasteiger charge is -2.08. The maximum atomic E-state index is 12.6. The number of halogens is 1. The molecule has 0 atom stereocenters. The largest absolute Gasteiger partial charge is 0.494 e. The highest BCUT2D eigenvalue weighted by molar-refractivity contribution is 7.13. The number of thiazole rings is 1. The molecule has 1 heterocycles. The summed E-state index contributed by atoms with van der Waals surface area (Å²) in [6.07, 6.45) is 4.68. The number of carbonyl (C=O) groups excluding carboxylic acids is 1. The molecule has 0 aliphatic carbocycles. The van der Waals surface area contributed by atoms with Crippen molar-refractivity contribution in [2.24, 2.45) is 0 Å². The second-order valence-corrected chi connectivity index (χ2v) is 9.30. The van der Waals surface area contributed by atoms with Crippen LogP contribution in [0.15, 0.2) is 78.2 Å². The van der Waals surface area contributed by atoms with Gasteiger partial charge in [-0.05, 0) is 55.0 Å². The Bertz CT molecular complexity index is 1200. The van der Waals surface area contributed by atoms with Gasteiger partial charge in [0.15, 0.2) is 0 Å². The molecule has 0 unspecified atom stereocenters. The Kier molecular flexibility index (Phi) is 8.34. The smallest absolute Gasteiger partial charge is 0.255 e. The van der Waals surface area contributed by atoms with Crippen LogP contribution in [0.2, 0.25) is 5.02 Å². The highest BCUT2D eigenvalue weighted by Gasteiger charge is 2.09. The predicted octanol–water partition coefficient (Wildman–Crippen LogP) is 8.34. The molecule has 0 saturated carbocycles. The average molecular weight is 491 g/mol. The average Bonchev–Trinajstić information content (AvgIpc) is 3.35. The van der Waals surface area contributed by atoms with E-state index in [2.05, 4.69) is 12.2 Å². The van der Waals surface area contributed by atoms with Crippen molar-refractivity contribution >= 4 is 34.5 Å². The summed E-state index contributed by atoms with van der Waals surface area (Å²) in [6, 6.07) is 22.6. The molecule has 0 aliphatic rings. The van der Waals surface area contributed by atoms with E-state index in [-0.39, 0.29) is 5.91 Å². The molecular weight excluding hydrogens is 464 g/mol. The topological polar surface area (TPSA) is 51.2 Å². The first kappa shape index (κ1) is 24.0. The summed E-state index contributed by atoms with van der Waals surface area (Å²) in [4.78, 5) is 17.4. The molecule has 1 aromatic heterocycles. The number of aromatic nitrogens is 1. The summed E-state index contributed by atoms with van der Waals surface area (Å²) < 4.78 is 5.75. The first-order valence-electron chi connectivity index (χ1n) is 11.5. The van der Waals surface area contributed by atoms with Gasteiger partial charge in [0.25, 0.3) is 5.91 Å². The van der Waals surface area contributed by atoms with E-state index in [0.29, 0.717) is 17.2 Å². The molecule has 0 bridgehead atoms. The lowest BCUT2D eigenvalue weighted by atomic mass is 10.1. The number of amides is 1. The number of ether oxygens (including phenoxy) is 1. The van der Waals surface area contributed by atoms with Crippen LogP contribution in [0.1, 0.15) is 43.0 Å². The van der Waals surface area contributed by atoms with E-state index < -0.39 is 0 Å². The van der Waals surface area contributed by atoms with Crippen LogP contribution in [-0.2, 0) is 0 Å². The second-order valence-electron chi connectivity index (χ2n) is 8.01. The predicted molar refractivity (Wildman–Crippen MR) is 142 cm³/mol. The zero-order valence-electron chi connectivity index (χ0n) is 19.1. The molecule has 6 heteroatoms. The Morgan fingerprint density at radius 2 is 1.62 bits per heavy atom. The van der Waals surface area contributed by atoms with Gasteiger partial charge in [-0.25, -0.2) is 4.98 Å². The molecular formula is C28H27ClN2O2S. The van der Waals surface area contributed by atoms with Crippen LogP contribution in [0, 0.1) is 0 Å². The Hall–Kier alpha value is -3.15. The van der Waals surface area contributed by atoms with Crippen LogP contribution in [0.4, 0.5) is 5.69 Å². The molecule has 0 fully saturated rings. The normalized spacial score (nSPS) is 10.8. The second kappa shape index (κ2) is 11.8. The van der Waals surface area contributed by atoms with Gasteiger partial charge in [0.1, 0.15) is 10.8 Å². The highest BCUT2D eigenvalue weighted by atomic mass is 35.5. The molecule has 4 nitrogen and oxygen atoms in total. The van der Waals surface area contributed by atoms with Crippen molar-refractivity contribution in [3.63, 3.8) is 0 Å². The van der Waals surface area contributed by atoms with E-state index in [0.717, 1.165) is 39.7 Å². The van der Waals surface area contributed by atoms with Crippen LogP contribution < -0.4 is 10.1 Å². The number of rotatable bonds is 10. The molecule has 0 spiro atoms. The Morgan fingerprint density at radius 3 is 2.32 bits per heavy atom. The Morgan fingerprint density at radius 1 is 0.912 bits per heavy atom. The number of anilines is 1. The zero-order chi connectivity index (χ0) is 23.8. The van der Waals surface area contributed by atoms with Crippen molar-refractivity contribution in [3.05, 3.63) is 88.8 Å². The summed E-state index contributed by atoms with van der Waals surface area (Å²) in [7, 11) is 0. The van der Waals surface area contributed by atoms with Gasteiger partial charge < -0.3 is 10.1 Å². The molecule has 3 aromatic carbocycles. The first-order valence-corrected chi connectivity index (χ1v) is 12.7. The van der Waals surface area contributed by atoms with Crippen LogP contribution in [0.5, 0.6) is 5.75 Å². The molecule has 4 aromatic rings. The number of carbonyl (C=O) groups is 1. The van der Waals surface area contributed by atoms with Crippen LogP contribution in [0.25, 0.3) is 21.8 Å². The molecule has 0 saturated heterocycles. The molecule has 4 rings (SSSR count). The number of benzene rings is 3. The molecule has 34 heavy (non-hydrogen) atoms. The SMILES string of the molecule is CCCCCCOc1ccc(C(=O)Nc2ccc(-c3csc(-c4ccc(Cl)cc4)n3)cc2)cc1. The molecule has 0 radical (unpaired) electrons. The van der Waals surface area contributed by atoms with Crippen molar-refractivity contribution in [2.75, 3.05) is 11.9 Å². The summed E-state index contributed by atoms with van der Waals surface area (Å²) in [5, 5.41) is 6.63. The number of hydrogen-bond donors (Lipinski definition) is 1. The van der Waals surface area contributed by atoms with Gasteiger partial charge in [-0.15, -0.1) is 11.3 Å². The molecule has 1 N–H and O–H groups in total. The molecule has 1 amide bonds. The molecule has 0 aliphatic heterocycles. The van der Waals surface area contributed by atoms with Gasteiger partial charge >= 0.3 is 0 Å². The Labute approximate surface area is 209 Å². The summed E-state index contributed by atoms with van der Waals surface area (Å²) in [6.45, 7) is 2.90. The van der Waals surface area contributed by atoms with Crippen LogP contribution in [-0.4, -0.2) is 17.5 Å². The van der Waals surface area contributed by atoms with E-state index >= 15 is 0 Å². The van der Waals surface area contributed by atoms with E-state index in [1.54, 1.807) is 23.5 Å². The third-order valence-corrected chi connectivity index (χ3v) is 6.56. The van der Waals surface area contributed by atoms with Gasteiger partial charge in [0.2, 0.25) is 0 Å². The minimum Gasteiger partial charge on any atom is -0.494 e. The summed E-state index contributed by atoms with van der Waals surface area (Å²) in [5.41, 5.74) is 4.26. The third-order valence-electron chi connectivity index (χ3n) is 5.42. The van der Waals surface area contributed by atoms with E-state index in [1.165, 1.54) is 19.3 Å². The number of nitrogens with zero attached hydrogens (tertiary/aromatic N) is 1. The quantitative estimate of drug-likeness (QED) is 0.227. The van der Waals surface area contributed by atoms with E-state index in [1.807, 2.05) is 66.0 Å². The van der Waals surface area contributed by atoms with Crippen molar-refractivity contribution in [1.29, 1.82) is 0 Å². The lowest BCUT2D eigenvalue weighted by Crippen LogP contribution is -2.11. The Balaban J connectivity index is 1.33. The fraction of sp³-hybridized carbons (Fsp3) is 0.214. The maximum absolute atomic E-state index is 12.6. The van der Waals surface area contributed by atoms with Crippen LogP contribution >= 0.6 is 22.9 Å². The number of hydrogen-bond acceptors (Lipinski definition) is 4. The highest BCUT2D eigenvalue weighted by Crippen LogP contribution is 2.30. The third kappa shape index (κ3) is 6.46. The summed E-state index contributed by atoms with van der Waals surface area (Å²) >= 11 is 7.57. The van der Waals surface area contributed by atoms with Gasteiger partial charge in [0.05, 0.1) is 12.3 Å². The molecule has 174 valence electrons. The standard InChI is InChI=1S/C28H27ClN2O2S/c1-2-3-4-5-18-33-25-16-10-21(11-17-25)27(32)30-24-14-8-20(9-15-24)26-19-34-28(31-26)22-6-12-23(29)13-7-22/h6-17,19H,2-5,18H2,1H3,(H,30,32). The van der Waals surface area contributed by atoms with Crippen molar-refractivity contribution < 1.29 is 9.53 Å². The van der Waals surface area contributed by atoms with E-state index in [9.17, 15) is 4.79 Å². The minimum absolute atomic E-state index is 0.152. The fourth-order valence-electron chi connectivity index (χ4n) is 3.48. The fourth-order valence-corrected chi connectivity index (χ4v) is 4.44. The monoisotopic (exact) mass is 490 g/mol. The zero-order valence-corrected chi connectivity index (χ0v) is 20.7. The maximum Gasteiger partial charge on any atom is 0.255 e. The lowest BCUT2D eigenvalue weighted by molar-refractivity contribution is 0.102. The van der Waals surface area contributed by atoms with E-state index in [4.69, 9.17) is 21.3 Å². The van der Waals surface area contributed by atoms with Crippen molar-refractivity contribution in [3.8, 4) is 27.6 Å². The van der Waals surface area contributed by atoms with Crippen LogP contribution in [0.3, 0.4) is 0 Å². The van der Waals surface area contributed by atoms with Gasteiger partial charge in [-0.3, -0.25) is 4.79 Å². The number of unbranched alkanes of at least 4 members (excludes halogenated alkanes) is 3.